The summed E-state index contributed by atoms with van der Waals surface area (Å²) in [6.07, 6.45) is 6.93. The van der Waals surface area contributed by atoms with Crippen molar-refractivity contribution in [3.8, 4) is 6.07 Å². The van der Waals surface area contributed by atoms with Gasteiger partial charge >= 0.3 is 0 Å². The van der Waals surface area contributed by atoms with Crippen molar-refractivity contribution >= 4 is 18.3 Å². The van der Waals surface area contributed by atoms with Crippen molar-refractivity contribution in [1.82, 2.24) is 5.32 Å². The van der Waals surface area contributed by atoms with Crippen LogP contribution in [0.1, 0.15) is 44.9 Å². The third-order valence-electron chi connectivity index (χ3n) is 4.73. The van der Waals surface area contributed by atoms with Crippen LogP contribution in [-0.4, -0.2) is 31.2 Å². The largest absolute Gasteiger partial charge is 0.381 e. The Balaban J connectivity index is 0.00000220. The fraction of sp³-hybridized carbons (Fsp3) is 0.867. The Bertz CT molecular complexity index is 372. The number of carbonyl (C=O) groups is 1. The number of hydrogen-bond acceptors (Lipinski definition) is 4. The number of ether oxygens (including phenoxy) is 1. The number of carbonyl (C=O) groups excluding carboxylic acids is 1. The van der Waals surface area contributed by atoms with E-state index in [4.69, 9.17) is 10.5 Å². The number of nitrogens with two attached hydrogens (primary N) is 1. The molecule has 1 unspecified atom stereocenters. The van der Waals surface area contributed by atoms with E-state index in [2.05, 4.69) is 11.4 Å². The summed E-state index contributed by atoms with van der Waals surface area (Å²) in [7, 11) is 0. The van der Waals surface area contributed by atoms with E-state index in [0.29, 0.717) is 38.5 Å². The maximum Gasteiger partial charge on any atom is 0.225 e. The number of nitrogens with one attached hydrogen (secondary N) is 1. The molecule has 0 aromatic heterocycles. The lowest BCUT2D eigenvalue weighted by Gasteiger charge is -2.35. The van der Waals surface area contributed by atoms with E-state index >= 15 is 0 Å². The molecule has 120 valence electrons. The number of hydrogen-bond donors (Lipinski definition) is 2. The lowest BCUT2D eigenvalue weighted by molar-refractivity contribution is -0.129. The van der Waals surface area contributed by atoms with Crippen LogP contribution >= 0.6 is 12.4 Å². The van der Waals surface area contributed by atoms with Crippen molar-refractivity contribution in [2.24, 2.45) is 17.6 Å². The normalized spacial score (nSPS) is 23.4. The Labute approximate surface area is 133 Å². The van der Waals surface area contributed by atoms with Crippen molar-refractivity contribution < 1.29 is 9.53 Å². The fourth-order valence-corrected chi connectivity index (χ4v) is 3.36. The second-order valence-corrected chi connectivity index (χ2v) is 6.04. The number of rotatable bonds is 4. The van der Waals surface area contributed by atoms with Crippen molar-refractivity contribution in [3.05, 3.63) is 0 Å². The standard InChI is InChI=1S/C15H25N3O2.ClH/c16-10-13(12-4-2-1-3-5-12)14(19)18-15(11-17)6-8-20-9-7-15;/h12-13H,1-10,16H2,(H,18,19);1H. The van der Waals surface area contributed by atoms with E-state index in [1.807, 2.05) is 0 Å². The van der Waals surface area contributed by atoms with Gasteiger partial charge in [0.05, 0.1) is 12.0 Å². The Kier molecular flexibility index (Phi) is 7.44. The van der Waals surface area contributed by atoms with Gasteiger partial charge in [0.25, 0.3) is 0 Å². The van der Waals surface area contributed by atoms with Crippen LogP contribution in [0, 0.1) is 23.2 Å². The van der Waals surface area contributed by atoms with Crippen molar-refractivity contribution in [2.45, 2.75) is 50.5 Å². The van der Waals surface area contributed by atoms with Crippen LogP contribution in [0.25, 0.3) is 0 Å². The van der Waals surface area contributed by atoms with E-state index in [9.17, 15) is 10.1 Å². The summed E-state index contributed by atoms with van der Waals surface area (Å²) in [6.45, 7) is 1.43. The maximum absolute atomic E-state index is 12.5. The molecule has 1 aliphatic carbocycles. The molecule has 2 rings (SSSR count). The Morgan fingerprint density at radius 3 is 2.48 bits per heavy atom. The molecule has 1 saturated carbocycles. The Morgan fingerprint density at radius 2 is 1.95 bits per heavy atom. The van der Waals surface area contributed by atoms with Crippen molar-refractivity contribution in [1.29, 1.82) is 5.26 Å². The van der Waals surface area contributed by atoms with Gasteiger partial charge in [-0.3, -0.25) is 4.79 Å². The van der Waals surface area contributed by atoms with E-state index in [1.165, 1.54) is 19.3 Å². The summed E-state index contributed by atoms with van der Waals surface area (Å²) in [4.78, 5) is 12.5. The van der Waals surface area contributed by atoms with Crippen LogP contribution < -0.4 is 11.1 Å². The zero-order valence-electron chi connectivity index (χ0n) is 12.5. The first kappa shape index (κ1) is 18.2. The summed E-state index contributed by atoms with van der Waals surface area (Å²) < 4.78 is 5.28. The summed E-state index contributed by atoms with van der Waals surface area (Å²) in [5.41, 5.74) is 5.07. The maximum atomic E-state index is 12.5. The van der Waals surface area contributed by atoms with Gasteiger partial charge in [-0.2, -0.15) is 5.26 Å². The first-order valence-corrected chi connectivity index (χ1v) is 7.72. The lowest BCUT2D eigenvalue weighted by atomic mass is 9.79. The van der Waals surface area contributed by atoms with Crippen LogP contribution in [0.5, 0.6) is 0 Å². The molecule has 6 heteroatoms. The predicted octanol–water partition coefficient (Wildman–Crippen LogP) is 1.75. The Morgan fingerprint density at radius 1 is 1.33 bits per heavy atom. The molecule has 1 aliphatic heterocycles. The van der Waals surface area contributed by atoms with Gasteiger partial charge in [-0.05, 0) is 18.8 Å². The van der Waals surface area contributed by atoms with E-state index in [0.717, 1.165) is 12.8 Å². The highest BCUT2D eigenvalue weighted by Crippen LogP contribution is 2.30. The van der Waals surface area contributed by atoms with Crippen LogP contribution in [0.4, 0.5) is 0 Å². The number of amides is 1. The molecular formula is C15H26ClN3O2. The molecule has 0 bridgehead atoms. The molecule has 0 spiro atoms. The van der Waals surface area contributed by atoms with Crippen molar-refractivity contribution in [3.63, 3.8) is 0 Å². The molecule has 5 nitrogen and oxygen atoms in total. The number of nitrogens with zero attached hydrogens (tertiary/aromatic N) is 1. The molecule has 1 atom stereocenters. The van der Waals surface area contributed by atoms with Crippen LogP contribution in [-0.2, 0) is 9.53 Å². The molecule has 2 fully saturated rings. The quantitative estimate of drug-likeness (QED) is 0.827. The molecular weight excluding hydrogens is 290 g/mol. The average Bonchev–Trinajstić information content (AvgIpc) is 2.50. The van der Waals surface area contributed by atoms with Crippen LogP contribution in [0.3, 0.4) is 0 Å². The van der Waals surface area contributed by atoms with E-state index in [-0.39, 0.29) is 24.2 Å². The topological polar surface area (TPSA) is 88.1 Å². The molecule has 0 aromatic carbocycles. The monoisotopic (exact) mass is 315 g/mol. The highest BCUT2D eigenvalue weighted by atomic mass is 35.5. The summed E-state index contributed by atoms with van der Waals surface area (Å²) in [5, 5.41) is 12.4. The van der Waals surface area contributed by atoms with Gasteiger partial charge in [0.2, 0.25) is 5.91 Å². The third-order valence-corrected chi connectivity index (χ3v) is 4.73. The van der Waals surface area contributed by atoms with Crippen molar-refractivity contribution in [2.75, 3.05) is 19.8 Å². The second kappa shape index (κ2) is 8.57. The first-order valence-electron chi connectivity index (χ1n) is 7.72. The fourth-order valence-electron chi connectivity index (χ4n) is 3.36. The van der Waals surface area contributed by atoms with Crippen LogP contribution in [0.2, 0.25) is 0 Å². The third kappa shape index (κ3) is 4.57. The smallest absolute Gasteiger partial charge is 0.225 e. The van der Waals surface area contributed by atoms with Gasteiger partial charge in [-0.15, -0.1) is 12.4 Å². The first-order chi connectivity index (χ1) is 9.71. The zero-order chi connectivity index (χ0) is 14.4. The molecule has 0 aromatic rings. The Hall–Kier alpha value is -0.830. The minimum atomic E-state index is -0.753. The predicted molar refractivity (Wildman–Crippen MR) is 82.9 cm³/mol. The molecule has 2 aliphatic rings. The minimum absolute atomic E-state index is 0. The van der Waals surface area contributed by atoms with Gasteiger partial charge in [-0.25, -0.2) is 0 Å². The summed E-state index contributed by atoms with van der Waals surface area (Å²) in [5.74, 6) is 0.190. The summed E-state index contributed by atoms with van der Waals surface area (Å²) in [6, 6.07) is 2.28. The van der Waals surface area contributed by atoms with Gasteiger partial charge in [0, 0.05) is 32.6 Å². The molecule has 1 amide bonds. The molecule has 1 saturated heterocycles. The molecule has 3 N–H and O–H groups in total. The minimum Gasteiger partial charge on any atom is -0.381 e. The van der Waals surface area contributed by atoms with Crippen LogP contribution in [0.15, 0.2) is 0 Å². The number of halogens is 1. The number of nitriles is 1. The highest BCUT2D eigenvalue weighted by molar-refractivity contribution is 5.85. The lowest BCUT2D eigenvalue weighted by Crippen LogP contribution is -2.54. The van der Waals surface area contributed by atoms with Gasteiger partial charge in [-0.1, -0.05) is 19.3 Å². The molecule has 0 radical (unpaired) electrons. The molecule has 1 heterocycles. The SMILES string of the molecule is Cl.N#CC1(NC(=O)C(CN)C2CCCCC2)CCOCC1. The average molecular weight is 316 g/mol. The van der Waals surface area contributed by atoms with E-state index in [1.54, 1.807) is 0 Å². The molecule has 21 heavy (non-hydrogen) atoms. The zero-order valence-corrected chi connectivity index (χ0v) is 13.3. The van der Waals surface area contributed by atoms with Gasteiger partial charge < -0.3 is 15.8 Å². The van der Waals surface area contributed by atoms with E-state index < -0.39 is 5.54 Å². The highest BCUT2D eigenvalue weighted by Gasteiger charge is 2.37. The summed E-state index contributed by atoms with van der Waals surface area (Å²) >= 11 is 0. The van der Waals surface area contributed by atoms with Gasteiger partial charge in [0.1, 0.15) is 5.54 Å². The van der Waals surface area contributed by atoms with Gasteiger partial charge in [0.15, 0.2) is 0 Å². The second-order valence-electron chi connectivity index (χ2n) is 6.04.